The zero-order valence-electron chi connectivity index (χ0n) is 11.4. The maximum Gasteiger partial charge on any atom is 0.348 e. The van der Waals surface area contributed by atoms with Crippen LogP contribution in [0, 0.1) is 24.0 Å². The first kappa shape index (κ1) is 13.0. The summed E-state index contributed by atoms with van der Waals surface area (Å²) in [5.74, 6) is 0.414. The van der Waals surface area contributed by atoms with Crippen LogP contribution in [-0.2, 0) is 0 Å². The van der Waals surface area contributed by atoms with Crippen molar-refractivity contribution in [2.75, 3.05) is 0 Å². The van der Waals surface area contributed by atoms with Crippen LogP contribution in [0.1, 0.15) is 11.5 Å². The number of phenols is 1. The fourth-order valence-electron chi connectivity index (χ4n) is 2.38. The van der Waals surface area contributed by atoms with Gasteiger partial charge in [0.25, 0.3) is 0 Å². The van der Waals surface area contributed by atoms with Gasteiger partial charge in [0.15, 0.2) is 5.82 Å². The SMILES string of the molecule is Cc1cc(-n2c([N+](=O)[O-])cnc2C)c2cccc(O)c2n1. The number of rotatable bonds is 2. The molecule has 0 radical (unpaired) electrons. The number of hydrogen-bond acceptors (Lipinski definition) is 5. The lowest BCUT2D eigenvalue weighted by atomic mass is 10.1. The van der Waals surface area contributed by atoms with Gasteiger partial charge in [-0.25, -0.2) is 9.97 Å². The second-order valence-electron chi connectivity index (χ2n) is 4.71. The zero-order chi connectivity index (χ0) is 15.1. The van der Waals surface area contributed by atoms with E-state index in [9.17, 15) is 15.2 Å². The predicted octanol–water partition coefficient (Wildman–Crippen LogP) is 2.65. The van der Waals surface area contributed by atoms with Gasteiger partial charge in [0, 0.05) is 18.7 Å². The van der Waals surface area contributed by atoms with Gasteiger partial charge in [-0.3, -0.25) is 0 Å². The summed E-state index contributed by atoms with van der Waals surface area (Å²) in [6.07, 6.45) is 1.22. The van der Waals surface area contributed by atoms with Crippen LogP contribution in [0.4, 0.5) is 5.82 Å². The standard InChI is InChI=1S/C14H12N4O3/c1-8-6-11(10-4-3-5-12(19)14(10)16-8)17-9(2)15-7-13(17)18(20)21/h3-7,19H,1-2H3. The van der Waals surface area contributed by atoms with Crippen LogP contribution in [0.5, 0.6) is 5.75 Å². The molecule has 2 aromatic heterocycles. The molecule has 7 heteroatoms. The van der Waals surface area contributed by atoms with Crippen LogP contribution in [0.15, 0.2) is 30.5 Å². The number of aryl methyl sites for hydroxylation is 2. The van der Waals surface area contributed by atoms with Crippen molar-refractivity contribution in [3.63, 3.8) is 0 Å². The van der Waals surface area contributed by atoms with E-state index >= 15 is 0 Å². The molecule has 1 aromatic carbocycles. The number of nitrogens with zero attached hydrogens (tertiary/aromatic N) is 4. The molecule has 3 aromatic rings. The minimum atomic E-state index is -0.482. The van der Waals surface area contributed by atoms with Crippen molar-refractivity contribution < 1.29 is 10.0 Å². The third-order valence-corrected chi connectivity index (χ3v) is 3.27. The molecule has 1 N–H and O–H groups in total. The second kappa shape index (κ2) is 4.55. The number of fused-ring (bicyclic) bond motifs is 1. The van der Waals surface area contributed by atoms with E-state index in [1.165, 1.54) is 16.8 Å². The molecule has 0 fully saturated rings. The first-order valence-electron chi connectivity index (χ1n) is 6.27. The molecule has 21 heavy (non-hydrogen) atoms. The molecule has 0 spiro atoms. The molecule has 0 unspecified atom stereocenters. The molecular formula is C14H12N4O3. The summed E-state index contributed by atoms with van der Waals surface area (Å²) in [4.78, 5) is 19.0. The third kappa shape index (κ3) is 1.99. The van der Waals surface area contributed by atoms with Crippen molar-refractivity contribution in [2.45, 2.75) is 13.8 Å². The second-order valence-corrected chi connectivity index (χ2v) is 4.71. The lowest BCUT2D eigenvalue weighted by Gasteiger charge is -2.08. The lowest BCUT2D eigenvalue weighted by molar-refractivity contribution is -0.391. The van der Waals surface area contributed by atoms with E-state index in [2.05, 4.69) is 9.97 Å². The number of para-hydroxylation sites is 1. The summed E-state index contributed by atoms with van der Waals surface area (Å²) in [6, 6.07) is 6.72. The highest BCUT2D eigenvalue weighted by atomic mass is 16.6. The first-order chi connectivity index (χ1) is 9.99. The molecule has 0 bridgehead atoms. The molecule has 7 nitrogen and oxygen atoms in total. The van der Waals surface area contributed by atoms with Gasteiger partial charge in [0.1, 0.15) is 23.2 Å². The Balaban J connectivity index is 2.44. The van der Waals surface area contributed by atoms with Crippen LogP contribution in [-0.4, -0.2) is 24.6 Å². The Morgan fingerprint density at radius 1 is 1.33 bits per heavy atom. The maximum atomic E-state index is 11.2. The molecule has 0 atom stereocenters. The van der Waals surface area contributed by atoms with E-state index in [-0.39, 0.29) is 11.6 Å². The number of hydrogen-bond donors (Lipinski definition) is 1. The highest BCUT2D eigenvalue weighted by Crippen LogP contribution is 2.31. The quantitative estimate of drug-likeness (QED) is 0.576. The Morgan fingerprint density at radius 3 is 2.81 bits per heavy atom. The van der Waals surface area contributed by atoms with E-state index in [0.29, 0.717) is 28.1 Å². The molecular weight excluding hydrogens is 272 g/mol. The summed E-state index contributed by atoms with van der Waals surface area (Å²) in [5.41, 5.74) is 1.64. The number of nitro groups is 1. The Morgan fingerprint density at radius 2 is 2.10 bits per heavy atom. The lowest BCUT2D eigenvalue weighted by Crippen LogP contribution is -2.04. The maximum absolute atomic E-state index is 11.2. The molecule has 0 aliphatic carbocycles. The molecule has 3 rings (SSSR count). The van der Waals surface area contributed by atoms with E-state index in [1.807, 2.05) is 0 Å². The number of phenolic OH excluding ortho intramolecular Hbond substituents is 1. The summed E-state index contributed by atoms with van der Waals surface area (Å²) in [7, 11) is 0. The van der Waals surface area contributed by atoms with Crippen LogP contribution in [0.2, 0.25) is 0 Å². The highest BCUT2D eigenvalue weighted by Gasteiger charge is 2.22. The average Bonchev–Trinajstić information content (AvgIpc) is 2.81. The molecule has 0 aliphatic rings. The number of pyridine rings is 1. The average molecular weight is 284 g/mol. The van der Waals surface area contributed by atoms with Crippen LogP contribution in [0.3, 0.4) is 0 Å². The molecule has 106 valence electrons. The van der Waals surface area contributed by atoms with Crippen molar-refractivity contribution in [3.8, 4) is 11.4 Å². The Kier molecular flexibility index (Phi) is 2.83. The van der Waals surface area contributed by atoms with Gasteiger partial charge < -0.3 is 15.2 Å². The van der Waals surface area contributed by atoms with Crippen LogP contribution < -0.4 is 0 Å². The van der Waals surface area contributed by atoms with Gasteiger partial charge in [-0.2, -0.15) is 4.57 Å². The fraction of sp³-hybridized carbons (Fsp3) is 0.143. The van der Waals surface area contributed by atoms with Crippen LogP contribution >= 0.6 is 0 Å². The van der Waals surface area contributed by atoms with Crippen molar-refractivity contribution in [2.24, 2.45) is 0 Å². The highest BCUT2D eigenvalue weighted by molar-refractivity contribution is 5.91. The Hall–Kier alpha value is -2.96. The Bertz CT molecular complexity index is 870. The largest absolute Gasteiger partial charge is 0.506 e. The Labute approximate surface area is 119 Å². The normalized spacial score (nSPS) is 11.0. The molecule has 0 amide bonds. The summed E-state index contributed by atoms with van der Waals surface area (Å²) in [6.45, 7) is 3.46. The molecule has 0 aliphatic heterocycles. The van der Waals surface area contributed by atoms with Crippen molar-refractivity contribution >= 4 is 16.7 Å². The number of benzene rings is 1. The number of imidazole rings is 1. The number of aromatic hydroxyl groups is 1. The third-order valence-electron chi connectivity index (χ3n) is 3.27. The van der Waals surface area contributed by atoms with Crippen molar-refractivity contribution in [3.05, 3.63) is 52.1 Å². The molecule has 2 heterocycles. The number of aromatic nitrogens is 3. The van der Waals surface area contributed by atoms with Gasteiger partial charge in [0.05, 0.1) is 5.39 Å². The van der Waals surface area contributed by atoms with E-state index < -0.39 is 4.92 Å². The van der Waals surface area contributed by atoms with Gasteiger partial charge in [-0.05, 0) is 24.0 Å². The molecule has 0 saturated heterocycles. The zero-order valence-corrected chi connectivity index (χ0v) is 11.4. The van der Waals surface area contributed by atoms with E-state index in [4.69, 9.17) is 0 Å². The van der Waals surface area contributed by atoms with Gasteiger partial charge in [-0.1, -0.05) is 6.07 Å². The minimum Gasteiger partial charge on any atom is -0.506 e. The monoisotopic (exact) mass is 284 g/mol. The van der Waals surface area contributed by atoms with Gasteiger partial charge >= 0.3 is 5.82 Å². The van der Waals surface area contributed by atoms with E-state index in [1.54, 1.807) is 32.0 Å². The summed E-state index contributed by atoms with van der Waals surface area (Å²) >= 11 is 0. The topological polar surface area (TPSA) is 94.1 Å². The van der Waals surface area contributed by atoms with Crippen molar-refractivity contribution in [1.29, 1.82) is 0 Å². The van der Waals surface area contributed by atoms with E-state index in [0.717, 1.165) is 0 Å². The fourth-order valence-corrected chi connectivity index (χ4v) is 2.38. The minimum absolute atomic E-state index is 0.0397. The van der Waals surface area contributed by atoms with Gasteiger partial charge in [-0.15, -0.1) is 0 Å². The summed E-state index contributed by atoms with van der Waals surface area (Å²) in [5, 5.41) is 21.7. The van der Waals surface area contributed by atoms with Gasteiger partial charge in [0.2, 0.25) is 0 Å². The first-order valence-corrected chi connectivity index (χ1v) is 6.27. The predicted molar refractivity (Wildman–Crippen MR) is 76.7 cm³/mol. The molecule has 0 saturated carbocycles. The smallest absolute Gasteiger partial charge is 0.348 e. The van der Waals surface area contributed by atoms with Crippen molar-refractivity contribution in [1.82, 2.24) is 14.5 Å². The van der Waals surface area contributed by atoms with Crippen LogP contribution in [0.25, 0.3) is 16.6 Å². The summed E-state index contributed by atoms with van der Waals surface area (Å²) < 4.78 is 1.45.